The molecular formula is C22H19F2N5O2. The number of nitrogens with one attached hydrogen (secondary N) is 2. The number of amides is 2. The normalized spacial score (nSPS) is 15.9. The summed E-state index contributed by atoms with van der Waals surface area (Å²) in [6.07, 6.45) is 0. The molecule has 0 radical (unpaired) electrons. The van der Waals surface area contributed by atoms with Gasteiger partial charge in [-0.2, -0.15) is 0 Å². The Balaban J connectivity index is 1.73. The first-order chi connectivity index (χ1) is 14.8. The quantitative estimate of drug-likeness (QED) is 0.612. The maximum atomic E-state index is 13.7. The zero-order chi connectivity index (χ0) is 22.3. The standard InChI is InChI=1S/C22H19F2N5O2/c1-25-17-9-13(5-7-16(17)24)26-22(31)29(3)19-11-28(2)10-18-20(19)14-6-4-12(23)8-15(14)21(30)27-18/h4-9,19H,10-11H2,2-3H3,(H,26,31)(H,27,30). The zero-order valence-electron chi connectivity index (χ0n) is 16.9. The Hall–Kier alpha value is -3.77. The molecule has 158 valence electrons. The lowest BCUT2D eigenvalue weighted by Gasteiger charge is -2.38. The van der Waals surface area contributed by atoms with E-state index < -0.39 is 23.7 Å². The summed E-state index contributed by atoms with van der Waals surface area (Å²) < 4.78 is 27.3. The minimum Gasteiger partial charge on any atom is -0.324 e. The molecule has 2 amide bonds. The molecule has 0 fully saturated rings. The number of urea groups is 1. The molecule has 7 nitrogen and oxygen atoms in total. The van der Waals surface area contributed by atoms with Crippen LogP contribution in [0, 0.1) is 18.2 Å². The summed E-state index contributed by atoms with van der Waals surface area (Å²) in [4.78, 5) is 34.8. The second-order valence-corrected chi connectivity index (χ2v) is 7.57. The Morgan fingerprint density at radius 3 is 2.77 bits per heavy atom. The van der Waals surface area contributed by atoms with Crippen molar-refractivity contribution in [3.63, 3.8) is 0 Å². The second kappa shape index (κ2) is 7.81. The van der Waals surface area contributed by atoms with Gasteiger partial charge in [0.25, 0.3) is 5.56 Å². The van der Waals surface area contributed by atoms with Crippen molar-refractivity contribution in [2.45, 2.75) is 12.6 Å². The van der Waals surface area contributed by atoms with Gasteiger partial charge in [-0.25, -0.2) is 18.4 Å². The van der Waals surface area contributed by atoms with Crippen molar-refractivity contribution in [1.82, 2.24) is 14.8 Å². The molecule has 0 bridgehead atoms. The molecule has 2 heterocycles. The van der Waals surface area contributed by atoms with Gasteiger partial charge in [0.1, 0.15) is 11.6 Å². The molecule has 2 aromatic carbocycles. The number of benzene rings is 2. The lowest BCUT2D eigenvalue weighted by Crippen LogP contribution is -2.44. The van der Waals surface area contributed by atoms with Crippen LogP contribution in [0.1, 0.15) is 17.3 Å². The van der Waals surface area contributed by atoms with Crippen LogP contribution in [0.15, 0.2) is 41.2 Å². The topological polar surface area (TPSA) is 72.8 Å². The van der Waals surface area contributed by atoms with Gasteiger partial charge in [-0.05, 0) is 42.8 Å². The van der Waals surface area contributed by atoms with Crippen LogP contribution >= 0.6 is 0 Å². The van der Waals surface area contributed by atoms with Crippen LogP contribution in [0.2, 0.25) is 0 Å². The largest absolute Gasteiger partial charge is 0.324 e. The Kier molecular flexibility index (Phi) is 5.17. The number of anilines is 1. The van der Waals surface area contributed by atoms with Crippen LogP contribution in [-0.4, -0.2) is 41.5 Å². The number of fused-ring (bicyclic) bond motifs is 3. The number of hydrogen-bond donors (Lipinski definition) is 2. The maximum absolute atomic E-state index is 13.7. The summed E-state index contributed by atoms with van der Waals surface area (Å²) in [6.45, 7) is 8.00. The molecule has 0 saturated heterocycles. The summed E-state index contributed by atoms with van der Waals surface area (Å²) in [5, 5.41) is 3.50. The highest BCUT2D eigenvalue weighted by atomic mass is 19.1. The van der Waals surface area contributed by atoms with Gasteiger partial charge in [0.2, 0.25) is 5.69 Å². The predicted octanol–water partition coefficient (Wildman–Crippen LogP) is 4.01. The van der Waals surface area contributed by atoms with Gasteiger partial charge in [0.05, 0.1) is 18.0 Å². The van der Waals surface area contributed by atoms with E-state index in [1.54, 1.807) is 13.1 Å². The lowest BCUT2D eigenvalue weighted by molar-refractivity contribution is 0.167. The van der Waals surface area contributed by atoms with Gasteiger partial charge in [0.15, 0.2) is 0 Å². The first-order valence-electron chi connectivity index (χ1n) is 9.52. The Labute approximate surface area is 176 Å². The third kappa shape index (κ3) is 3.73. The van der Waals surface area contributed by atoms with E-state index >= 15 is 0 Å². The van der Waals surface area contributed by atoms with Gasteiger partial charge in [-0.3, -0.25) is 9.69 Å². The summed E-state index contributed by atoms with van der Waals surface area (Å²) in [7, 11) is 3.49. The van der Waals surface area contributed by atoms with Crippen molar-refractivity contribution in [3.05, 3.63) is 81.1 Å². The molecule has 0 saturated carbocycles. The number of carbonyl (C=O) groups is 1. The Morgan fingerprint density at radius 2 is 2.03 bits per heavy atom. The summed E-state index contributed by atoms with van der Waals surface area (Å²) >= 11 is 0. The molecular weight excluding hydrogens is 404 g/mol. The van der Waals surface area contributed by atoms with Crippen LogP contribution in [0.4, 0.5) is 25.0 Å². The molecule has 3 aromatic rings. The molecule has 1 atom stereocenters. The monoisotopic (exact) mass is 423 g/mol. The van der Waals surface area contributed by atoms with Crippen LogP contribution in [0.5, 0.6) is 0 Å². The molecule has 31 heavy (non-hydrogen) atoms. The van der Waals surface area contributed by atoms with E-state index in [1.807, 2.05) is 11.9 Å². The number of nitrogens with zero attached hydrogens (tertiary/aromatic N) is 3. The van der Waals surface area contributed by atoms with Crippen LogP contribution in [0.3, 0.4) is 0 Å². The maximum Gasteiger partial charge on any atom is 0.322 e. The molecule has 1 aromatic heterocycles. The minimum atomic E-state index is -0.660. The highest BCUT2D eigenvalue weighted by Crippen LogP contribution is 2.34. The Bertz CT molecular complexity index is 1300. The van der Waals surface area contributed by atoms with Crippen LogP contribution in [-0.2, 0) is 6.54 Å². The van der Waals surface area contributed by atoms with Gasteiger partial charge >= 0.3 is 6.03 Å². The summed E-state index contributed by atoms with van der Waals surface area (Å²) in [5.74, 6) is -1.17. The fourth-order valence-corrected chi connectivity index (χ4v) is 3.95. The van der Waals surface area contributed by atoms with E-state index in [4.69, 9.17) is 6.57 Å². The van der Waals surface area contributed by atoms with Gasteiger partial charge < -0.3 is 15.2 Å². The molecule has 2 N–H and O–H groups in total. The predicted molar refractivity (Wildman–Crippen MR) is 113 cm³/mol. The number of H-pyrrole nitrogens is 1. The third-order valence-corrected chi connectivity index (χ3v) is 5.46. The van der Waals surface area contributed by atoms with E-state index in [9.17, 15) is 18.4 Å². The van der Waals surface area contributed by atoms with Crippen molar-refractivity contribution < 1.29 is 13.6 Å². The number of rotatable bonds is 2. The molecule has 4 rings (SSSR count). The first kappa shape index (κ1) is 20.5. The van der Waals surface area contributed by atoms with Gasteiger partial charge in [-0.15, -0.1) is 0 Å². The number of likely N-dealkylation sites (N-methyl/N-ethyl adjacent to an activating group) is 2. The van der Waals surface area contributed by atoms with Gasteiger partial charge in [0, 0.05) is 37.1 Å². The van der Waals surface area contributed by atoms with E-state index in [1.165, 1.54) is 29.2 Å². The van der Waals surface area contributed by atoms with Crippen molar-refractivity contribution >= 4 is 28.2 Å². The van der Waals surface area contributed by atoms with E-state index in [0.29, 0.717) is 29.9 Å². The number of halogens is 2. The third-order valence-electron chi connectivity index (χ3n) is 5.46. The van der Waals surface area contributed by atoms with Crippen molar-refractivity contribution in [2.24, 2.45) is 0 Å². The molecule has 1 aliphatic rings. The Morgan fingerprint density at radius 1 is 1.26 bits per heavy atom. The fraction of sp³-hybridized carbons (Fsp3) is 0.227. The number of pyridine rings is 1. The average molecular weight is 423 g/mol. The molecule has 9 heteroatoms. The van der Waals surface area contributed by atoms with Crippen molar-refractivity contribution in [1.29, 1.82) is 0 Å². The van der Waals surface area contributed by atoms with E-state index in [2.05, 4.69) is 15.1 Å². The van der Waals surface area contributed by atoms with Gasteiger partial charge in [-0.1, -0.05) is 6.07 Å². The van der Waals surface area contributed by atoms with E-state index in [-0.39, 0.29) is 16.6 Å². The van der Waals surface area contributed by atoms with Crippen molar-refractivity contribution in [3.8, 4) is 0 Å². The second-order valence-electron chi connectivity index (χ2n) is 7.57. The fourth-order valence-electron chi connectivity index (χ4n) is 3.95. The average Bonchev–Trinajstić information content (AvgIpc) is 2.74. The summed E-state index contributed by atoms with van der Waals surface area (Å²) in [5.41, 5.74) is 1.15. The number of carbonyl (C=O) groups excluding carboxylic acids is 1. The first-order valence-corrected chi connectivity index (χ1v) is 9.52. The van der Waals surface area contributed by atoms with Crippen LogP contribution in [0.25, 0.3) is 15.6 Å². The smallest absolute Gasteiger partial charge is 0.322 e. The molecule has 1 unspecified atom stereocenters. The zero-order valence-corrected chi connectivity index (χ0v) is 16.9. The molecule has 0 aliphatic carbocycles. The SMILES string of the molecule is [C-]#[N+]c1cc(NC(=O)N(C)C2CN(C)Cc3[nH]c(=O)c4cc(F)ccc4c32)ccc1F. The van der Waals surface area contributed by atoms with Crippen molar-refractivity contribution in [2.75, 3.05) is 26.0 Å². The number of aromatic nitrogens is 1. The number of aromatic amines is 1. The summed E-state index contributed by atoms with van der Waals surface area (Å²) in [6, 6.07) is 6.92. The molecule has 1 aliphatic heterocycles. The lowest BCUT2D eigenvalue weighted by atomic mass is 9.93. The van der Waals surface area contributed by atoms with Crippen LogP contribution < -0.4 is 10.9 Å². The highest BCUT2D eigenvalue weighted by Gasteiger charge is 2.32. The molecule has 0 spiro atoms. The minimum absolute atomic E-state index is 0.186. The van der Waals surface area contributed by atoms with E-state index in [0.717, 1.165) is 11.6 Å². The number of hydrogen-bond acceptors (Lipinski definition) is 3. The highest BCUT2D eigenvalue weighted by molar-refractivity contribution is 5.91.